The van der Waals surface area contributed by atoms with Gasteiger partial charge in [0.2, 0.25) is 5.91 Å². The second-order valence-electron chi connectivity index (χ2n) is 6.40. The number of nitrogens with zero attached hydrogens (tertiary/aromatic N) is 5. The average molecular weight is 315 g/mol. The van der Waals surface area contributed by atoms with Crippen LogP contribution in [0.5, 0.6) is 0 Å². The first kappa shape index (κ1) is 14.4. The molecule has 2 aliphatic heterocycles. The molecule has 0 saturated carbocycles. The van der Waals surface area contributed by atoms with Crippen LogP contribution in [0.25, 0.3) is 11.2 Å². The van der Waals surface area contributed by atoms with E-state index >= 15 is 0 Å². The maximum atomic E-state index is 12.2. The molecule has 2 aliphatic rings. The predicted molar refractivity (Wildman–Crippen MR) is 85.9 cm³/mol. The summed E-state index contributed by atoms with van der Waals surface area (Å²) < 4.78 is 0. The largest absolute Gasteiger partial charge is 0.352 e. The number of likely N-dealkylation sites (tertiary alicyclic amines) is 1. The zero-order chi connectivity index (χ0) is 15.9. The lowest BCUT2D eigenvalue weighted by Crippen LogP contribution is -2.58. The van der Waals surface area contributed by atoms with E-state index < -0.39 is 0 Å². The smallest absolute Gasteiger partial charge is 0.236 e. The Morgan fingerprint density at radius 1 is 1.26 bits per heavy atom. The third-order valence-corrected chi connectivity index (χ3v) is 5.13. The van der Waals surface area contributed by atoms with Gasteiger partial charge in [-0.3, -0.25) is 4.79 Å². The van der Waals surface area contributed by atoms with Crippen LogP contribution in [0, 0.1) is 0 Å². The first-order valence-corrected chi connectivity index (χ1v) is 8.13. The summed E-state index contributed by atoms with van der Waals surface area (Å²) in [6.07, 6.45) is 7.34. The van der Waals surface area contributed by atoms with E-state index in [-0.39, 0.29) is 18.0 Å². The number of hydrogen-bond acceptors (Lipinski definition) is 6. The van der Waals surface area contributed by atoms with Crippen LogP contribution in [0.15, 0.2) is 12.7 Å². The molecule has 8 nitrogen and oxygen atoms in total. The summed E-state index contributed by atoms with van der Waals surface area (Å²) in [4.78, 5) is 32.5. The monoisotopic (exact) mass is 315 g/mol. The van der Waals surface area contributed by atoms with Gasteiger partial charge in [0.05, 0.1) is 18.4 Å². The first-order valence-electron chi connectivity index (χ1n) is 8.13. The highest BCUT2D eigenvalue weighted by molar-refractivity contribution is 5.83. The van der Waals surface area contributed by atoms with Crippen molar-refractivity contribution in [1.82, 2.24) is 24.8 Å². The highest BCUT2D eigenvalue weighted by Crippen LogP contribution is 2.38. The fourth-order valence-corrected chi connectivity index (χ4v) is 4.15. The zero-order valence-electron chi connectivity index (χ0n) is 13.0. The lowest BCUT2D eigenvalue weighted by molar-refractivity contribution is -0.134. The van der Waals surface area contributed by atoms with Crippen molar-refractivity contribution in [3.05, 3.63) is 12.7 Å². The quantitative estimate of drug-likeness (QED) is 0.824. The summed E-state index contributed by atoms with van der Waals surface area (Å²) in [6, 6.07) is 0. The van der Waals surface area contributed by atoms with Gasteiger partial charge in [0.25, 0.3) is 0 Å². The average Bonchev–Trinajstić information content (AvgIpc) is 3.21. The fraction of sp³-hybridized carbons (Fsp3) is 0.600. The second-order valence-corrected chi connectivity index (χ2v) is 6.40. The SMILES string of the molecule is NCC(=O)N1CCCC12CCCN(c1ncnc3nc[nH]c13)C2. The van der Waals surface area contributed by atoms with E-state index in [4.69, 9.17) is 5.73 Å². The number of piperidine rings is 1. The molecule has 4 heterocycles. The van der Waals surface area contributed by atoms with Crippen molar-refractivity contribution < 1.29 is 4.79 Å². The Kier molecular flexibility index (Phi) is 3.41. The highest BCUT2D eigenvalue weighted by Gasteiger charge is 2.46. The highest BCUT2D eigenvalue weighted by atomic mass is 16.2. The van der Waals surface area contributed by atoms with Crippen molar-refractivity contribution in [2.24, 2.45) is 5.73 Å². The Morgan fingerprint density at radius 2 is 2.09 bits per heavy atom. The third kappa shape index (κ3) is 2.24. The first-order chi connectivity index (χ1) is 11.2. The predicted octanol–water partition coefficient (Wildman–Crippen LogP) is 0.273. The summed E-state index contributed by atoms with van der Waals surface area (Å²) in [5, 5.41) is 0. The number of hydrogen-bond donors (Lipinski definition) is 2. The molecule has 0 aromatic carbocycles. The number of nitrogens with one attached hydrogen (secondary N) is 1. The van der Waals surface area contributed by atoms with Gasteiger partial charge in [0.1, 0.15) is 11.8 Å². The number of imidazole rings is 1. The molecule has 2 saturated heterocycles. The molecule has 2 aromatic heterocycles. The van der Waals surface area contributed by atoms with Crippen LogP contribution < -0.4 is 10.6 Å². The van der Waals surface area contributed by atoms with Gasteiger partial charge in [0, 0.05) is 19.6 Å². The zero-order valence-corrected chi connectivity index (χ0v) is 13.0. The Bertz CT molecular complexity index is 729. The van der Waals surface area contributed by atoms with Crippen LogP contribution in [0.2, 0.25) is 0 Å². The summed E-state index contributed by atoms with van der Waals surface area (Å²) in [7, 11) is 0. The summed E-state index contributed by atoms with van der Waals surface area (Å²) in [5.41, 5.74) is 7.04. The van der Waals surface area contributed by atoms with Crippen LogP contribution in [0.4, 0.5) is 5.82 Å². The molecule has 0 bridgehead atoms. The lowest BCUT2D eigenvalue weighted by atomic mass is 9.86. The molecular formula is C15H21N7O. The normalized spacial score (nSPS) is 24.7. The van der Waals surface area contributed by atoms with Crippen molar-refractivity contribution in [2.75, 3.05) is 31.1 Å². The number of carbonyl (C=O) groups excluding carboxylic acids is 1. The molecule has 8 heteroatoms. The van der Waals surface area contributed by atoms with Crippen LogP contribution in [-0.4, -0.2) is 62.5 Å². The molecule has 4 rings (SSSR count). The van der Waals surface area contributed by atoms with E-state index in [0.29, 0.717) is 5.65 Å². The number of H-pyrrole nitrogens is 1. The molecule has 1 amide bonds. The lowest BCUT2D eigenvalue weighted by Gasteiger charge is -2.46. The molecule has 1 atom stereocenters. The van der Waals surface area contributed by atoms with Gasteiger partial charge in [-0.25, -0.2) is 15.0 Å². The van der Waals surface area contributed by atoms with Crippen molar-refractivity contribution in [1.29, 1.82) is 0 Å². The van der Waals surface area contributed by atoms with Gasteiger partial charge < -0.3 is 20.5 Å². The minimum atomic E-state index is -0.105. The molecular weight excluding hydrogens is 294 g/mol. The van der Waals surface area contributed by atoms with E-state index in [0.717, 1.165) is 56.7 Å². The standard InChI is InChI=1S/C15H21N7O/c16-7-11(23)22-6-2-4-15(22)3-1-5-21(8-15)14-12-13(18-9-17-12)19-10-20-14/h9-10H,1-8,16H2,(H,17,18,19,20). The van der Waals surface area contributed by atoms with Crippen LogP contribution in [0.3, 0.4) is 0 Å². The minimum absolute atomic E-state index is 0.0544. The van der Waals surface area contributed by atoms with Gasteiger partial charge in [-0.15, -0.1) is 0 Å². The molecule has 0 aliphatic carbocycles. The van der Waals surface area contributed by atoms with Crippen molar-refractivity contribution in [3.8, 4) is 0 Å². The molecule has 1 unspecified atom stereocenters. The Morgan fingerprint density at radius 3 is 2.91 bits per heavy atom. The van der Waals surface area contributed by atoms with Gasteiger partial charge in [-0.1, -0.05) is 0 Å². The number of amides is 1. The molecule has 2 fully saturated rings. The fourth-order valence-electron chi connectivity index (χ4n) is 4.15. The molecule has 0 radical (unpaired) electrons. The number of rotatable bonds is 2. The second kappa shape index (κ2) is 5.45. The number of fused-ring (bicyclic) bond motifs is 1. The number of nitrogens with two attached hydrogens (primary N) is 1. The summed E-state index contributed by atoms with van der Waals surface area (Å²) >= 11 is 0. The topological polar surface area (TPSA) is 104 Å². The van der Waals surface area contributed by atoms with Crippen LogP contribution in [0.1, 0.15) is 25.7 Å². The van der Waals surface area contributed by atoms with Crippen molar-refractivity contribution in [2.45, 2.75) is 31.2 Å². The molecule has 23 heavy (non-hydrogen) atoms. The van der Waals surface area contributed by atoms with E-state index in [1.165, 1.54) is 0 Å². The maximum Gasteiger partial charge on any atom is 0.236 e. The maximum absolute atomic E-state index is 12.2. The van der Waals surface area contributed by atoms with E-state index in [1.807, 2.05) is 4.90 Å². The Labute approximate surface area is 134 Å². The Balaban J connectivity index is 1.67. The number of aromatic nitrogens is 4. The van der Waals surface area contributed by atoms with Gasteiger partial charge in [-0.05, 0) is 25.7 Å². The molecule has 3 N–H and O–H groups in total. The van der Waals surface area contributed by atoms with Gasteiger partial charge in [-0.2, -0.15) is 0 Å². The molecule has 1 spiro atoms. The summed E-state index contributed by atoms with van der Waals surface area (Å²) in [5.74, 6) is 0.928. The number of anilines is 1. The summed E-state index contributed by atoms with van der Waals surface area (Å²) in [6.45, 7) is 2.62. The molecule has 122 valence electrons. The van der Waals surface area contributed by atoms with E-state index in [1.54, 1.807) is 12.7 Å². The number of aromatic amines is 1. The van der Waals surface area contributed by atoms with Gasteiger partial charge in [0.15, 0.2) is 11.5 Å². The van der Waals surface area contributed by atoms with Crippen LogP contribution >= 0.6 is 0 Å². The van der Waals surface area contributed by atoms with E-state index in [9.17, 15) is 4.79 Å². The van der Waals surface area contributed by atoms with Crippen molar-refractivity contribution >= 4 is 22.9 Å². The van der Waals surface area contributed by atoms with Gasteiger partial charge >= 0.3 is 0 Å². The van der Waals surface area contributed by atoms with Crippen LogP contribution in [-0.2, 0) is 4.79 Å². The third-order valence-electron chi connectivity index (χ3n) is 5.13. The van der Waals surface area contributed by atoms with E-state index in [2.05, 4.69) is 24.8 Å². The molecule has 2 aromatic rings. The number of carbonyl (C=O) groups is 1. The Hall–Kier alpha value is -2.22. The van der Waals surface area contributed by atoms with Crippen molar-refractivity contribution in [3.63, 3.8) is 0 Å². The minimum Gasteiger partial charge on any atom is -0.352 e.